The van der Waals surface area contributed by atoms with Crippen LogP contribution in [0.25, 0.3) is 0 Å². The molecule has 1 saturated heterocycles. The summed E-state index contributed by atoms with van der Waals surface area (Å²) >= 11 is 0. The topological polar surface area (TPSA) is 84.3 Å². The van der Waals surface area contributed by atoms with Gasteiger partial charge in [0.15, 0.2) is 5.82 Å². The first-order chi connectivity index (χ1) is 15.3. The SMILES string of the molecule is O=C(Nc1ccn(Cc2ccccc2F)n1)C1CCCN(S(=O)(=O)c2ccc(F)cc2)C1. The van der Waals surface area contributed by atoms with Crippen LogP contribution in [-0.4, -0.2) is 41.5 Å². The predicted octanol–water partition coefficient (Wildman–Crippen LogP) is 3.25. The van der Waals surface area contributed by atoms with Crippen molar-refractivity contribution in [2.75, 3.05) is 18.4 Å². The van der Waals surface area contributed by atoms with Crippen molar-refractivity contribution in [1.82, 2.24) is 14.1 Å². The fraction of sp³-hybridized carbons (Fsp3) is 0.273. The molecule has 0 radical (unpaired) electrons. The number of nitrogens with zero attached hydrogens (tertiary/aromatic N) is 3. The van der Waals surface area contributed by atoms with E-state index in [0.29, 0.717) is 30.8 Å². The third-order valence-electron chi connectivity index (χ3n) is 5.39. The average molecular weight is 461 g/mol. The zero-order valence-electron chi connectivity index (χ0n) is 17.1. The van der Waals surface area contributed by atoms with E-state index < -0.39 is 21.8 Å². The highest BCUT2D eigenvalue weighted by molar-refractivity contribution is 7.89. The first kappa shape index (κ1) is 22.1. The van der Waals surface area contributed by atoms with Gasteiger partial charge in [-0.3, -0.25) is 9.48 Å². The number of anilines is 1. The van der Waals surface area contributed by atoms with Crippen molar-refractivity contribution in [3.05, 3.63) is 78.0 Å². The number of benzene rings is 2. The van der Waals surface area contributed by atoms with Crippen LogP contribution in [0.5, 0.6) is 0 Å². The monoisotopic (exact) mass is 460 g/mol. The Labute approximate surface area is 184 Å². The highest BCUT2D eigenvalue weighted by Crippen LogP contribution is 2.25. The Hall–Kier alpha value is -3.11. The molecule has 168 valence electrons. The summed E-state index contributed by atoms with van der Waals surface area (Å²) in [7, 11) is -3.82. The lowest BCUT2D eigenvalue weighted by Gasteiger charge is -2.31. The number of carbonyl (C=O) groups is 1. The molecule has 1 atom stereocenters. The molecule has 10 heteroatoms. The van der Waals surface area contributed by atoms with Gasteiger partial charge in [-0.25, -0.2) is 17.2 Å². The molecule has 0 bridgehead atoms. The lowest BCUT2D eigenvalue weighted by atomic mass is 9.99. The highest BCUT2D eigenvalue weighted by Gasteiger charge is 2.33. The van der Waals surface area contributed by atoms with E-state index in [9.17, 15) is 22.0 Å². The van der Waals surface area contributed by atoms with Crippen molar-refractivity contribution in [1.29, 1.82) is 0 Å². The molecule has 2 heterocycles. The van der Waals surface area contributed by atoms with Gasteiger partial charge in [-0.05, 0) is 43.2 Å². The van der Waals surface area contributed by atoms with Crippen molar-refractivity contribution in [3.8, 4) is 0 Å². The van der Waals surface area contributed by atoms with Gasteiger partial charge in [-0.2, -0.15) is 9.40 Å². The predicted molar refractivity (Wildman–Crippen MR) is 114 cm³/mol. The summed E-state index contributed by atoms with van der Waals surface area (Å²) < 4.78 is 55.5. The average Bonchev–Trinajstić information content (AvgIpc) is 3.22. The Kier molecular flexibility index (Phi) is 6.33. The molecular formula is C22H22F2N4O3S. The second-order valence-electron chi connectivity index (χ2n) is 7.64. The van der Waals surface area contributed by atoms with Crippen molar-refractivity contribution >= 4 is 21.7 Å². The first-order valence-corrected chi connectivity index (χ1v) is 11.6. The Bertz CT molecular complexity index is 1210. The second-order valence-corrected chi connectivity index (χ2v) is 9.57. The van der Waals surface area contributed by atoms with Crippen LogP contribution in [0.3, 0.4) is 0 Å². The minimum Gasteiger partial charge on any atom is -0.309 e. The Morgan fingerprint density at radius 2 is 1.84 bits per heavy atom. The number of aromatic nitrogens is 2. The maximum Gasteiger partial charge on any atom is 0.243 e. The summed E-state index contributed by atoms with van der Waals surface area (Å²) in [4.78, 5) is 12.7. The fourth-order valence-electron chi connectivity index (χ4n) is 3.68. The van der Waals surface area contributed by atoms with Crippen LogP contribution in [0.4, 0.5) is 14.6 Å². The Morgan fingerprint density at radius 3 is 2.59 bits per heavy atom. The first-order valence-electron chi connectivity index (χ1n) is 10.2. The summed E-state index contributed by atoms with van der Waals surface area (Å²) in [5.41, 5.74) is 0.474. The maximum absolute atomic E-state index is 13.8. The van der Waals surface area contributed by atoms with Crippen LogP contribution in [-0.2, 0) is 21.4 Å². The molecular weight excluding hydrogens is 438 g/mol. The van der Waals surface area contributed by atoms with Gasteiger partial charge in [0.05, 0.1) is 17.4 Å². The number of amides is 1. The van der Waals surface area contributed by atoms with Crippen LogP contribution in [0.1, 0.15) is 18.4 Å². The van der Waals surface area contributed by atoms with Crippen LogP contribution in [0.2, 0.25) is 0 Å². The number of hydrogen-bond donors (Lipinski definition) is 1. The van der Waals surface area contributed by atoms with E-state index in [1.807, 2.05) is 0 Å². The summed E-state index contributed by atoms with van der Waals surface area (Å²) in [5, 5.41) is 6.97. The molecule has 0 spiro atoms. The minimum absolute atomic E-state index is 0.00755. The maximum atomic E-state index is 13.8. The quantitative estimate of drug-likeness (QED) is 0.612. The Morgan fingerprint density at radius 1 is 1.09 bits per heavy atom. The highest BCUT2D eigenvalue weighted by atomic mass is 32.2. The van der Waals surface area contributed by atoms with Crippen LogP contribution in [0, 0.1) is 17.6 Å². The molecule has 1 unspecified atom stereocenters. The minimum atomic E-state index is -3.82. The van der Waals surface area contributed by atoms with Gasteiger partial charge >= 0.3 is 0 Å². The van der Waals surface area contributed by atoms with Crippen LogP contribution in [0.15, 0.2) is 65.7 Å². The standard InChI is InChI=1S/C22H22F2N4O3S/c23-18-7-9-19(10-8-18)32(30,31)28-12-3-5-17(15-28)22(29)25-21-11-13-27(26-21)14-16-4-1-2-6-20(16)24/h1-2,4,6-11,13,17H,3,5,12,14-15H2,(H,25,26,29). The summed E-state index contributed by atoms with van der Waals surface area (Å²) in [6.07, 6.45) is 2.70. The summed E-state index contributed by atoms with van der Waals surface area (Å²) in [5.74, 6) is -1.42. The van der Waals surface area contributed by atoms with Crippen molar-refractivity contribution in [2.45, 2.75) is 24.3 Å². The van der Waals surface area contributed by atoms with E-state index >= 15 is 0 Å². The molecule has 1 amide bonds. The molecule has 0 aliphatic carbocycles. The van der Waals surface area contributed by atoms with Crippen LogP contribution >= 0.6 is 0 Å². The molecule has 1 fully saturated rings. The van der Waals surface area contributed by atoms with E-state index in [4.69, 9.17) is 0 Å². The van der Waals surface area contributed by atoms with E-state index in [0.717, 1.165) is 12.1 Å². The number of hydrogen-bond acceptors (Lipinski definition) is 4. The van der Waals surface area contributed by atoms with Crippen LogP contribution < -0.4 is 5.32 Å². The fourth-order valence-corrected chi connectivity index (χ4v) is 5.20. The molecule has 0 saturated carbocycles. The van der Waals surface area contributed by atoms with Gasteiger partial charge < -0.3 is 5.32 Å². The molecule has 1 aliphatic rings. The molecule has 2 aromatic carbocycles. The van der Waals surface area contributed by atoms with Gasteiger partial charge in [0.1, 0.15) is 11.6 Å². The summed E-state index contributed by atoms with van der Waals surface area (Å²) in [6.45, 7) is 0.540. The number of nitrogens with one attached hydrogen (secondary N) is 1. The molecule has 4 rings (SSSR count). The number of sulfonamides is 1. The van der Waals surface area contributed by atoms with Gasteiger partial charge in [0.25, 0.3) is 0 Å². The smallest absolute Gasteiger partial charge is 0.243 e. The number of rotatable bonds is 6. The van der Waals surface area contributed by atoms with Gasteiger partial charge in [0.2, 0.25) is 15.9 Å². The molecule has 1 aromatic heterocycles. The van der Waals surface area contributed by atoms with Crippen molar-refractivity contribution in [3.63, 3.8) is 0 Å². The zero-order valence-corrected chi connectivity index (χ0v) is 17.9. The second kappa shape index (κ2) is 9.17. The zero-order chi connectivity index (χ0) is 22.7. The lowest BCUT2D eigenvalue weighted by Crippen LogP contribution is -2.43. The lowest BCUT2D eigenvalue weighted by molar-refractivity contribution is -0.120. The van der Waals surface area contributed by atoms with E-state index in [2.05, 4.69) is 10.4 Å². The molecule has 1 N–H and O–H groups in total. The number of carbonyl (C=O) groups excluding carboxylic acids is 1. The normalized spacial score (nSPS) is 17.2. The number of piperidine rings is 1. The summed E-state index contributed by atoms with van der Waals surface area (Å²) in [6, 6.07) is 12.6. The van der Waals surface area contributed by atoms with E-state index in [1.165, 1.54) is 27.2 Å². The largest absolute Gasteiger partial charge is 0.309 e. The molecule has 3 aromatic rings. The van der Waals surface area contributed by atoms with E-state index in [1.54, 1.807) is 30.5 Å². The molecule has 7 nitrogen and oxygen atoms in total. The van der Waals surface area contributed by atoms with Crippen molar-refractivity contribution in [2.24, 2.45) is 5.92 Å². The van der Waals surface area contributed by atoms with Gasteiger partial charge in [-0.15, -0.1) is 0 Å². The van der Waals surface area contributed by atoms with Gasteiger partial charge in [-0.1, -0.05) is 18.2 Å². The third-order valence-corrected chi connectivity index (χ3v) is 7.27. The molecule has 32 heavy (non-hydrogen) atoms. The van der Waals surface area contributed by atoms with Gasteiger partial charge in [0, 0.05) is 30.9 Å². The van der Waals surface area contributed by atoms with E-state index in [-0.39, 0.29) is 29.7 Å². The third kappa shape index (κ3) is 4.86. The van der Waals surface area contributed by atoms with Crippen molar-refractivity contribution < 1.29 is 22.0 Å². The molecule has 1 aliphatic heterocycles. The Balaban J connectivity index is 1.40. The number of halogens is 2.